The van der Waals surface area contributed by atoms with Gasteiger partial charge in [-0.15, -0.1) is 0 Å². The number of morpholine rings is 6. The van der Waals surface area contributed by atoms with E-state index in [-0.39, 0.29) is 0 Å². The number of rotatable bonds is 6. The van der Waals surface area contributed by atoms with Crippen LogP contribution in [-0.2, 0) is 28.4 Å². The molecular formula is C24H48N9O6P3. The molecule has 0 saturated carbocycles. The molecule has 6 saturated heterocycles. The summed E-state index contributed by atoms with van der Waals surface area (Å²) >= 11 is 0. The van der Waals surface area contributed by atoms with Gasteiger partial charge in [-0.1, -0.05) is 0 Å². The van der Waals surface area contributed by atoms with E-state index >= 15 is 0 Å². The van der Waals surface area contributed by atoms with Crippen LogP contribution < -0.4 is 0 Å². The lowest BCUT2D eigenvalue weighted by Gasteiger charge is -2.55. The van der Waals surface area contributed by atoms with Gasteiger partial charge in [-0.3, -0.25) is 0 Å². The van der Waals surface area contributed by atoms with E-state index in [4.69, 9.17) is 42.0 Å². The quantitative estimate of drug-likeness (QED) is 0.391. The van der Waals surface area contributed by atoms with Crippen molar-refractivity contribution in [3.8, 4) is 0 Å². The monoisotopic (exact) mass is 651 g/mol. The first-order chi connectivity index (χ1) is 20.8. The summed E-state index contributed by atoms with van der Waals surface area (Å²) < 4.78 is 69.9. The molecule has 0 aromatic carbocycles. The Balaban J connectivity index is 1.53. The third-order valence-corrected chi connectivity index (χ3v) is 21.6. The number of hydrogen-bond acceptors (Lipinski definition) is 15. The summed E-state index contributed by atoms with van der Waals surface area (Å²) in [6.45, 7) is 18.4. The van der Waals surface area contributed by atoms with Crippen molar-refractivity contribution >= 4 is 22.5 Å². The van der Waals surface area contributed by atoms with Gasteiger partial charge in [0, 0.05) is 78.5 Å². The van der Waals surface area contributed by atoms with Gasteiger partial charge in [-0.25, -0.2) is 28.0 Å². The van der Waals surface area contributed by atoms with Gasteiger partial charge < -0.3 is 28.4 Å². The molecule has 0 spiro atoms. The average molecular weight is 652 g/mol. The van der Waals surface area contributed by atoms with Gasteiger partial charge in [-0.05, 0) is 0 Å². The molecule has 18 heteroatoms. The molecule has 7 aliphatic rings. The lowest BCUT2D eigenvalue weighted by atomic mass is 10.5. The molecule has 0 aliphatic carbocycles. The van der Waals surface area contributed by atoms with E-state index in [9.17, 15) is 0 Å². The van der Waals surface area contributed by atoms with Crippen molar-refractivity contribution in [3.05, 3.63) is 0 Å². The largest absolute Gasteiger partial charge is 0.379 e. The summed E-state index contributed by atoms with van der Waals surface area (Å²) in [6.07, 6.45) is 0. The molecule has 7 heterocycles. The third-order valence-electron chi connectivity index (χ3n) is 8.92. The third kappa shape index (κ3) is 5.92. The van der Waals surface area contributed by atoms with E-state index in [2.05, 4.69) is 28.0 Å². The zero-order valence-corrected chi connectivity index (χ0v) is 27.5. The molecule has 0 aromatic heterocycles. The minimum absolute atomic E-state index is 0.704. The summed E-state index contributed by atoms with van der Waals surface area (Å²) in [5.41, 5.74) is 0. The molecule has 0 aromatic rings. The molecule has 0 unspecified atom stereocenters. The van der Waals surface area contributed by atoms with E-state index < -0.39 is 22.5 Å². The van der Waals surface area contributed by atoms with Crippen LogP contribution in [0.3, 0.4) is 0 Å². The minimum atomic E-state index is -2.62. The van der Waals surface area contributed by atoms with Crippen LogP contribution in [0.1, 0.15) is 0 Å². The summed E-state index contributed by atoms with van der Waals surface area (Å²) in [7, 11) is -7.86. The van der Waals surface area contributed by atoms with Crippen LogP contribution in [0, 0.1) is 0 Å². The number of hydrogen-bond donors (Lipinski definition) is 0. The molecule has 42 heavy (non-hydrogen) atoms. The highest BCUT2D eigenvalue weighted by Gasteiger charge is 2.52. The van der Waals surface area contributed by atoms with Crippen LogP contribution in [0.2, 0.25) is 0 Å². The molecule has 7 rings (SSSR count). The van der Waals surface area contributed by atoms with Crippen molar-refractivity contribution in [2.75, 3.05) is 158 Å². The predicted molar refractivity (Wildman–Crippen MR) is 162 cm³/mol. The molecule has 0 bridgehead atoms. The lowest BCUT2D eigenvalue weighted by Crippen LogP contribution is -2.48. The first-order valence-electron chi connectivity index (χ1n) is 15.7. The summed E-state index contributed by atoms with van der Waals surface area (Å²) in [6, 6.07) is 0. The fraction of sp³-hybridized carbons (Fsp3) is 1.00. The maximum Gasteiger partial charge on any atom is 0.221 e. The van der Waals surface area contributed by atoms with Crippen molar-refractivity contribution in [1.82, 2.24) is 28.0 Å². The van der Waals surface area contributed by atoms with Gasteiger partial charge in [0.2, 0.25) is 22.5 Å². The van der Waals surface area contributed by atoms with Crippen molar-refractivity contribution < 1.29 is 28.4 Å². The predicted octanol–water partition coefficient (Wildman–Crippen LogP) is 1.83. The fourth-order valence-corrected chi connectivity index (χ4v) is 22.6. The standard InChI is InChI=1S/C24H48N9O6P3/c1-13-34-14-2-28(1)40(29-3-15-35-16-4-29)25-41(30-5-17-36-18-6-30,31-7-19-37-20-8-31)27-42(26-40,32-9-21-38-22-10-32)33-11-23-39-24-12-33/h1-24H2. The molecular weight excluding hydrogens is 603 g/mol. The molecule has 7 aliphatic heterocycles. The van der Waals surface area contributed by atoms with Crippen LogP contribution in [0.5, 0.6) is 0 Å². The van der Waals surface area contributed by atoms with Crippen molar-refractivity contribution in [2.45, 2.75) is 0 Å². The lowest BCUT2D eigenvalue weighted by molar-refractivity contribution is 0.0526. The van der Waals surface area contributed by atoms with Crippen LogP contribution >= 0.6 is 22.5 Å². The number of ether oxygens (including phenoxy) is 6. The van der Waals surface area contributed by atoms with E-state index in [0.717, 1.165) is 78.5 Å². The Morgan fingerprint density at radius 3 is 0.548 bits per heavy atom. The summed E-state index contributed by atoms with van der Waals surface area (Å²) in [4.78, 5) is 0. The zero-order valence-electron chi connectivity index (χ0n) is 24.8. The van der Waals surface area contributed by atoms with Gasteiger partial charge in [0.05, 0.1) is 79.3 Å². The smallest absolute Gasteiger partial charge is 0.221 e. The molecule has 0 N–H and O–H groups in total. The van der Waals surface area contributed by atoms with Crippen molar-refractivity contribution in [2.24, 2.45) is 13.5 Å². The van der Waals surface area contributed by atoms with Gasteiger partial charge in [0.1, 0.15) is 0 Å². The second kappa shape index (κ2) is 13.9. The Kier molecular flexibility index (Phi) is 10.2. The van der Waals surface area contributed by atoms with Gasteiger partial charge in [0.25, 0.3) is 0 Å². The second-order valence-electron chi connectivity index (χ2n) is 11.3. The molecule has 0 radical (unpaired) electrons. The molecule has 0 atom stereocenters. The Morgan fingerprint density at radius 2 is 0.405 bits per heavy atom. The second-order valence-corrected chi connectivity index (χ2v) is 20.0. The Bertz CT molecular complexity index is 866. The van der Waals surface area contributed by atoms with Crippen LogP contribution in [-0.4, -0.2) is 186 Å². The van der Waals surface area contributed by atoms with Crippen molar-refractivity contribution in [1.29, 1.82) is 0 Å². The molecule has 15 nitrogen and oxygen atoms in total. The van der Waals surface area contributed by atoms with E-state index in [1.54, 1.807) is 0 Å². The van der Waals surface area contributed by atoms with Gasteiger partial charge >= 0.3 is 0 Å². The van der Waals surface area contributed by atoms with Crippen LogP contribution in [0.4, 0.5) is 0 Å². The first kappa shape index (κ1) is 30.8. The fourth-order valence-electron chi connectivity index (χ4n) is 6.68. The van der Waals surface area contributed by atoms with Crippen molar-refractivity contribution in [3.63, 3.8) is 0 Å². The molecule has 6 fully saturated rings. The van der Waals surface area contributed by atoms with Crippen LogP contribution in [0.25, 0.3) is 0 Å². The van der Waals surface area contributed by atoms with E-state index in [1.165, 1.54) is 0 Å². The highest BCUT2D eigenvalue weighted by atomic mass is 31.3. The number of nitrogens with zero attached hydrogens (tertiary/aromatic N) is 9. The molecule has 0 amide bonds. The normalized spacial score (nSPS) is 32.9. The maximum atomic E-state index is 6.21. The Hall–Kier alpha value is 0.210. The van der Waals surface area contributed by atoms with Gasteiger partial charge in [0.15, 0.2) is 0 Å². The SMILES string of the molecule is C1CN(P2(N3CCOCC3)=NP(N3CCOCC3)(N3CCOCC3)=NP(N3CCOCC3)(N3CCOCC3)=N2)CCO1. The zero-order chi connectivity index (χ0) is 28.3. The Morgan fingerprint density at radius 1 is 0.262 bits per heavy atom. The van der Waals surface area contributed by atoms with E-state index in [1.807, 2.05) is 0 Å². The van der Waals surface area contributed by atoms with Gasteiger partial charge in [-0.2, -0.15) is 13.5 Å². The van der Waals surface area contributed by atoms with E-state index in [0.29, 0.717) is 79.3 Å². The molecule has 240 valence electrons. The minimum Gasteiger partial charge on any atom is -0.379 e. The summed E-state index contributed by atoms with van der Waals surface area (Å²) in [5.74, 6) is 0. The first-order valence-corrected chi connectivity index (χ1v) is 20.5. The highest BCUT2D eigenvalue weighted by Crippen LogP contribution is 2.83. The summed E-state index contributed by atoms with van der Waals surface area (Å²) in [5, 5.41) is 0. The average Bonchev–Trinajstić information content (AvgIpc) is 3.10. The maximum absolute atomic E-state index is 6.21. The van der Waals surface area contributed by atoms with Crippen LogP contribution in [0.15, 0.2) is 13.5 Å². The Labute approximate surface area is 250 Å². The topological polar surface area (TPSA) is 112 Å². The highest BCUT2D eigenvalue weighted by molar-refractivity contribution is 7.83.